The van der Waals surface area contributed by atoms with Crippen molar-refractivity contribution in [1.82, 2.24) is 0 Å². The van der Waals surface area contributed by atoms with E-state index in [0.717, 1.165) is 36.9 Å². The first-order valence-electron chi connectivity index (χ1n) is 7.73. The van der Waals surface area contributed by atoms with Crippen LogP contribution in [0.1, 0.15) is 37.7 Å². The van der Waals surface area contributed by atoms with Crippen LogP contribution in [-0.2, 0) is 9.53 Å². The van der Waals surface area contributed by atoms with Gasteiger partial charge >= 0.3 is 0 Å². The molecule has 1 aliphatic rings. The number of hydrogen-bond acceptors (Lipinski definition) is 3. The molecule has 0 radical (unpaired) electrons. The van der Waals surface area contributed by atoms with Crippen molar-refractivity contribution in [2.75, 3.05) is 25.1 Å². The Morgan fingerprint density at radius 3 is 2.62 bits per heavy atom. The number of para-hydroxylation sites is 1. The molecule has 0 saturated heterocycles. The first kappa shape index (κ1) is 16.0. The summed E-state index contributed by atoms with van der Waals surface area (Å²) in [7, 11) is 1.71. The van der Waals surface area contributed by atoms with Crippen LogP contribution in [0.5, 0.6) is 0 Å². The van der Waals surface area contributed by atoms with Crippen LogP contribution in [-0.4, -0.2) is 31.7 Å². The maximum atomic E-state index is 12.8. The average Bonchev–Trinajstić information content (AvgIpc) is 2.45. The molecule has 2 N–H and O–H groups in total. The summed E-state index contributed by atoms with van der Waals surface area (Å²) in [4.78, 5) is 14.7. The molecule has 4 heteroatoms. The fourth-order valence-electron chi connectivity index (χ4n) is 2.89. The van der Waals surface area contributed by atoms with Crippen molar-refractivity contribution in [2.45, 2.75) is 44.6 Å². The second-order valence-corrected chi connectivity index (χ2v) is 5.89. The number of ether oxygens (including phenoxy) is 1. The highest BCUT2D eigenvalue weighted by Gasteiger charge is 2.40. The minimum Gasteiger partial charge on any atom is -0.378 e. The quantitative estimate of drug-likeness (QED) is 0.840. The molecule has 21 heavy (non-hydrogen) atoms. The molecule has 0 heterocycles. The van der Waals surface area contributed by atoms with Gasteiger partial charge in [0.15, 0.2) is 0 Å². The number of benzene rings is 1. The van der Waals surface area contributed by atoms with E-state index in [1.807, 2.05) is 36.1 Å². The molecule has 4 nitrogen and oxygen atoms in total. The van der Waals surface area contributed by atoms with E-state index >= 15 is 0 Å². The van der Waals surface area contributed by atoms with Gasteiger partial charge in [0, 0.05) is 19.3 Å². The number of rotatable bonds is 7. The fourth-order valence-corrected chi connectivity index (χ4v) is 2.89. The third-order valence-electron chi connectivity index (χ3n) is 4.46. The molecule has 1 amide bonds. The molecule has 1 saturated carbocycles. The Kier molecular flexibility index (Phi) is 5.37. The van der Waals surface area contributed by atoms with Crippen molar-refractivity contribution in [2.24, 2.45) is 5.73 Å². The number of nitrogens with zero attached hydrogens (tertiary/aromatic N) is 1. The molecule has 1 fully saturated rings. The molecule has 116 valence electrons. The minimum atomic E-state index is -0.235. The Morgan fingerprint density at radius 2 is 2.10 bits per heavy atom. The van der Waals surface area contributed by atoms with E-state index in [-0.39, 0.29) is 11.5 Å². The second-order valence-electron chi connectivity index (χ2n) is 5.89. The van der Waals surface area contributed by atoms with Crippen LogP contribution >= 0.6 is 0 Å². The predicted octanol–water partition coefficient (Wildman–Crippen LogP) is 2.64. The molecule has 1 aromatic carbocycles. The lowest BCUT2D eigenvalue weighted by molar-refractivity contribution is -0.131. The normalized spacial score (nSPS) is 16.3. The Balaban J connectivity index is 2.15. The van der Waals surface area contributed by atoms with Crippen LogP contribution in [0.25, 0.3) is 0 Å². The second kappa shape index (κ2) is 7.05. The van der Waals surface area contributed by atoms with Crippen molar-refractivity contribution >= 4 is 11.6 Å². The highest BCUT2D eigenvalue weighted by molar-refractivity contribution is 5.94. The largest absolute Gasteiger partial charge is 0.378 e. The SMILES string of the molecule is COC1(CC(=O)N(CCCN)c2ccccc2C)CCC1. The molecule has 0 spiro atoms. The van der Waals surface area contributed by atoms with E-state index < -0.39 is 0 Å². The average molecular weight is 290 g/mol. The number of amides is 1. The standard InChI is InChI=1S/C17H26N2O2/c1-14-7-3-4-8-15(14)19(12-6-11-18)16(20)13-17(21-2)9-5-10-17/h3-4,7-8H,5-6,9-13,18H2,1-2H3. The summed E-state index contributed by atoms with van der Waals surface area (Å²) in [5.41, 5.74) is 7.49. The van der Waals surface area contributed by atoms with E-state index in [1.54, 1.807) is 7.11 Å². The van der Waals surface area contributed by atoms with Crippen LogP contribution in [0.2, 0.25) is 0 Å². The van der Waals surface area contributed by atoms with Crippen LogP contribution in [0, 0.1) is 6.92 Å². The molecule has 0 unspecified atom stereocenters. The lowest BCUT2D eigenvalue weighted by Gasteiger charge is -2.41. The van der Waals surface area contributed by atoms with Gasteiger partial charge in [0.2, 0.25) is 5.91 Å². The van der Waals surface area contributed by atoms with Crippen molar-refractivity contribution < 1.29 is 9.53 Å². The maximum absolute atomic E-state index is 12.8. The maximum Gasteiger partial charge on any atom is 0.229 e. The Hall–Kier alpha value is -1.39. The lowest BCUT2D eigenvalue weighted by atomic mass is 9.77. The zero-order valence-electron chi connectivity index (χ0n) is 13.1. The van der Waals surface area contributed by atoms with Gasteiger partial charge in [-0.2, -0.15) is 0 Å². The van der Waals surface area contributed by atoms with Crippen LogP contribution in [0.15, 0.2) is 24.3 Å². The smallest absolute Gasteiger partial charge is 0.229 e. The molecule has 1 aromatic rings. The Morgan fingerprint density at radius 1 is 1.38 bits per heavy atom. The monoisotopic (exact) mass is 290 g/mol. The predicted molar refractivity (Wildman–Crippen MR) is 85.4 cm³/mol. The molecular weight excluding hydrogens is 264 g/mol. The van der Waals surface area contributed by atoms with Crippen molar-refractivity contribution in [3.05, 3.63) is 29.8 Å². The molecule has 1 aliphatic carbocycles. The molecular formula is C17H26N2O2. The molecule has 0 aromatic heterocycles. The number of hydrogen-bond donors (Lipinski definition) is 1. The van der Waals surface area contributed by atoms with Gasteiger partial charge in [-0.15, -0.1) is 0 Å². The first-order valence-corrected chi connectivity index (χ1v) is 7.73. The van der Waals surface area contributed by atoms with Gasteiger partial charge in [-0.1, -0.05) is 18.2 Å². The van der Waals surface area contributed by atoms with Crippen molar-refractivity contribution in [3.63, 3.8) is 0 Å². The zero-order valence-corrected chi connectivity index (χ0v) is 13.1. The van der Waals surface area contributed by atoms with Crippen molar-refractivity contribution in [1.29, 1.82) is 0 Å². The van der Waals surface area contributed by atoms with Crippen LogP contribution in [0.4, 0.5) is 5.69 Å². The number of methoxy groups -OCH3 is 1. The molecule has 0 aliphatic heterocycles. The molecule has 0 bridgehead atoms. The lowest BCUT2D eigenvalue weighted by Crippen LogP contribution is -2.45. The zero-order chi connectivity index (χ0) is 15.3. The van der Waals surface area contributed by atoms with Gasteiger partial charge in [-0.25, -0.2) is 0 Å². The summed E-state index contributed by atoms with van der Waals surface area (Å²) in [5.74, 6) is 0.138. The highest BCUT2D eigenvalue weighted by atomic mass is 16.5. The van der Waals surface area contributed by atoms with Crippen molar-refractivity contribution in [3.8, 4) is 0 Å². The van der Waals surface area contributed by atoms with Crippen LogP contribution in [0.3, 0.4) is 0 Å². The van der Waals surface area contributed by atoms with E-state index in [9.17, 15) is 4.79 Å². The van der Waals surface area contributed by atoms with Gasteiger partial charge in [0.1, 0.15) is 0 Å². The first-order chi connectivity index (χ1) is 10.1. The minimum absolute atomic E-state index is 0.138. The number of anilines is 1. The van der Waals surface area contributed by atoms with E-state index in [0.29, 0.717) is 19.5 Å². The summed E-state index contributed by atoms with van der Waals surface area (Å²) in [5, 5.41) is 0. The number of carbonyl (C=O) groups excluding carboxylic acids is 1. The van der Waals surface area contributed by atoms with Crippen LogP contribution < -0.4 is 10.6 Å². The Bertz CT molecular complexity index is 478. The fraction of sp³-hybridized carbons (Fsp3) is 0.588. The highest BCUT2D eigenvalue weighted by Crippen LogP contribution is 2.39. The topological polar surface area (TPSA) is 55.6 Å². The number of nitrogens with two attached hydrogens (primary N) is 1. The van der Waals surface area contributed by atoms with Gasteiger partial charge < -0.3 is 15.4 Å². The van der Waals surface area contributed by atoms with E-state index in [2.05, 4.69) is 0 Å². The Labute approximate surface area is 127 Å². The molecule has 2 rings (SSSR count). The number of carbonyl (C=O) groups is 1. The van der Waals surface area contributed by atoms with E-state index in [4.69, 9.17) is 10.5 Å². The van der Waals surface area contributed by atoms with Gasteiger partial charge in [-0.3, -0.25) is 4.79 Å². The summed E-state index contributed by atoms with van der Waals surface area (Å²) >= 11 is 0. The van der Waals surface area contributed by atoms with Gasteiger partial charge in [0.25, 0.3) is 0 Å². The summed E-state index contributed by atoms with van der Waals surface area (Å²) in [6.45, 7) is 3.29. The third-order valence-corrected chi connectivity index (χ3v) is 4.46. The van der Waals surface area contributed by atoms with Gasteiger partial charge in [-0.05, 0) is 50.8 Å². The van der Waals surface area contributed by atoms with Gasteiger partial charge in [0.05, 0.1) is 12.0 Å². The summed E-state index contributed by atoms with van der Waals surface area (Å²) in [6.07, 6.45) is 4.37. The molecule has 0 atom stereocenters. The number of aryl methyl sites for hydroxylation is 1. The third kappa shape index (κ3) is 3.63. The summed E-state index contributed by atoms with van der Waals surface area (Å²) in [6, 6.07) is 8.00. The summed E-state index contributed by atoms with van der Waals surface area (Å²) < 4.78 is 5.59. The van der Waals surface area contributed by atoms with E-state index in [1.165, 1.54) is 0 Å².